The number of nitrogens with zero attached hydrogens (tertiary/aromatic N) is 1. The molecule has 1 aromatic carbocycles. The summed E-state index contributed by atoms with van der Waals surface area (Å²) in [7, 11) is 0. The lowest BCUT2D eigenvalue weighted by Gasteiger charge is -2.40. The minimum absolute atomic E-state index is 0.145. The van der Waals surface area contributed by atoms with Crippen LogP contribution in [0, 0.1) is 5.41 Å². The number of benzene rings is 1. The van der Waals surface area contributed by atoms with Gasteiger partial charge in [0.15, 0.2) is 11.5 Å². The van der Waals surface area contributed by atoms with Gasteiger partial charge in [0.05, 0.1) is 0 Å². The Labute approximate surface area is 126 Å². The zero-order valence-electron chi connectivity index (χ0n) is 12.8. The number of hydrogen-bond acceptors (Lipinski definition) is 4. The summed E-state index contributed by atoms with van der Waals surface area (Å²) < 4.78 is 11.4. The number of para-hydroxylation sites is 1. The van der Waals surface area contributed by atoms with Crippen LogP contribution in [0.2, 0.25) is 0 Å². The highest BCUT2D eigenvalue weighted by Crippen LogP contribution is 2.37. The fourth-order valence-electron chi connectivity index (χ4n) is 3.31. The minimum Gasteiger partial charge on any atom is -0.486 e. The number of rotatable bonds is 4. The molecule has 0 aliphatic carbocycles. The third-order valence-electron chi connectivity index (χ3n) is 5.04. The van der Waals surface area contributed by atoms with E-state index in [-0.39, 0.29) is 5.41 Å². The van der Waals surface area contributed by atoms with Crippen molar-refractivity contribution in [2.24, 2.45) is 5.41 Å². The van der Waals surface area contributed by atoms with Crippen LogP contribution in [0.3, 0.4) is 0 Å². The fraction of sp³-hybridized carbons (Fsp3) is 0.647. The second kappa shape index (κ2) is 6.24. The lowest BCUT2D eigenvalue weighted by molar-refractivity contribution is 0.0377. The number of hydrogen-bond donors (Lipinski definition) is 1. The lowest BCUT2D eigenvalue weighted by atomic mass is 9.77. The molecule has 1 aromatic rings. The van der Waals surface area contributed by atoms with E-state index in [1.54, 1.807) is 0 Å². The van der Waals surface area contributed by atoms with E-state index in [0.29, 0.717) is 19.8 Å². The van der Waals surface area contributed by atoms with Crippen molar-refractivity contribution in [2.75, 3.05) is 32.9 Å². The lowest BCUT2D eigenvalue weighted by Crippen LogP contribution is -2.41. The van der Waals surface area contributed by atoms with E-state index in [0.717, 1.165) is 50.4 Å². The van der Waals surface area contributed by atoms with Gasteiger partial charge >= 0.3 is 0 Å². The monoisotopic (exact) mass is 291 g/mol. The highest BCUT2D eigenvalue weighted by Gasteiger charge is 2.32. The largest absolute Gasteiger partial charge is 0.486 e. The normalized spacial score (nSPS) is 21.2. The van der Waals surface area contributed by atoms with Crippen molar-refractivity contribution in [1.82, 2.24) is 4.90 Å². The van der Waals surface area contributed by atoms with Gasteiger partial charge in [-0.15, -0.1) is 0 Å². The van der Waals surface area contributed by atoms with Crippen molar-refractivity contribution in [3.63, 3.8) is 0 Å². The van der Waals surface area contributed by atoms with Gasteiger partial charge in [-0.2, -0.15) is 0 Å². The molecule has 0 unspecified atom stereocenters. The Morgan fingerprint density at radius 3 is 2.67 bits per heavy atom. The summed E-state index contributed by atoms with van der Waals surface area (Å²) in [6.45, 7) is 6.75. The summed E-state index contributed by atoms with van der Waals surface area (Å²) >= 11 is 0. The summed E-state index contributed by atoms with van der Waals surface area (Å²) in [4.78, 5) is 2.46. The Morgan fingerprint density at radius 2 is 1.95 bits per heavy atom. The number of piperidine rings is 1. The first-order chi connectivity index (χ1) is 10.3. The minimum atomic E-state index is 0.145. The van der Waals surface area contributed by atoms with E-state index in [2.05, 4.69) is 17.9 Å². The molecule has 0 radical (unpaired) electrons. The highest BCUT2D eigenvalue weighted by molar-refractivity contribution is 5.47. The summed E-state index contributed by atoms with van der Waals surface area (Å²) in [5.41, 5.74) is 1.35. The van der Waals surface area contributed by atoms with Crippen molar-refractivity contribution < 1.29 is 14.6 Å². The van der Waals surface area contributed by atoms with E-state index in [4.69, 9.17) is 9.47 Å². The number of aliphatic hydroxyl groups is 1. The Balaban J connectivity index is 1.66. The zero-order valence-corrected chi connectivity index (χ0v) is 12.8. The molecular formula is C17H25NO3. The van der Waals surface area contributed by atoms with E-state index in [1.165, 1.54) is 5.56 Å². The standard InChI is InChI=1S/C17H25NO3/c1-2-17(13-19)6-8-18(9-7-17)12-14-4-3-5-15-16(14)21-11-10-20-15/h3-5,19H,2,6-13H2,1H3. The van der Waals surface area contributed by atoms with Crippen LogP contribution in [-0.4, -0.2) is 42.9 Å². The van der Waals surface area contributed by atoms with Gasteiger partial charge in [-0.05, 0) is 43.8 Å². The number of ether oxygens (including phenoxy) is 2. The number of likely N-dealkylation sites (tertiary alicyclic amines) is 1. The summed E-state index contributed by atoms with van der Waals surface area (Å²) in [6.07, 6.45) is 3.22. The van der Waals surface area contributed by atoms with Gasteiger partial charge < -0.3 is 14.6 Å². The van der Waals surface area contributed by atoms with E-state index >= 15 is 0 Å². The molecule has 1 N–H and O–H groups in total. The van der Waals surface area contributed by atoms with E-state index in [1.807, 2.05) is 12.1 Å². The molecule has 3 rings (SSSR count). The molecule has 4 heteroatoms. The second-order valence-corrected chi connectivity index (χ2v) is 6.23. The second-order valence-electron chi connectivity index (χ2n) is 6.23. The average Bonchev–Trinajstić information content (AvgIpc) is 2.56. The van der Waals surface area contributed by atoms with Crippen molar-refractivity contribution >= 4 is 0 Å². The van der Waals surface area contributed by atoms with Gasteiger partial charge in [0.25, 0.3) is 0 Å². The van der Waals surface area contributed by atoms with Crippen LogP contribution in [0.4, 0.5) is 0 Å². The summed E-state index contributed by atoms with van der Waals surface area (Å²) in [5.74, 6) is 1.78. The third kappa shape index (κ3) is 3.01. The van der Waals surface area contributed by atoms with Crippen LogP contribution in [0.15, 0.2) is 18.2 Å². The van der Waals surface area contributed by atoms with Crippen LogP contribution in [0.5, 0.6) is 11.5 Å². The smallest absolute Gasteiger partial charge is 0.165 e. The molecule has 0 bridgehead atoms. The SMILES string of the molecule is CCC1(CO)CCN(Cc2cccc3c2OCCO3)CC1. The van der Waals surface area contributed by atoms with Crippen molar-refractivity contribution in [3.8, 4) is 11.5 Å². The topological polar surface area (TPSA) is 41.9 Å². The Morgan fingerprint density at radius 1 is 1.19 bits per heavy atom. The first-order valence-corrected chi connectivity index (χ1v) is 7.97. The number of fused-ring (bicyclic) bond motifs is 1. The van der Waals surface area contributed by atoms with Crippen LogP contribution < -0.4 is 9.47 Å². The van der Waals surface area contributed by atoms with Crippen molar-refractivity contribution in [2.45, 2.75) is 32.7 Å². The maximum atomic E-state index is 9.62. The van der Waals surface area contributed by atoms with Crippen molar-refractivity contribution in [1.29, 1.82) is 0 Å². The predicted molar refractivity (Wildman–Crippen MR) is 81.8 cm³/mol. The molecule has 2 heterocycles. The van der Waals surface area contributed by atoms with E-state index in [9.17, 15) is 5.11 Å². The van der Waals surface area contributed by atoms with Gasteiger partial charge in [0.2, 0.25) is 0 Å². The number of aliphatic hydroxyl groups excluding tert-OH is 1. The van der Waals surface area contributed by atoms with Crippen LogP contribution in [0.25, 0.3) is 0 Å². The third-order valence-corrected chi connectivity index (χ3v) is 5.04. The molecule has 1 saturated heterocycles. The molecule has 0 spiro atoms. The van der Waals surface area contributed by atoms with Crippen molar-refractivity contribution in [3.05, 3.63) is 23.8 Å². The summed E-state index contributed by atoms with van der Waals surface area (Å²) in [5, 5.41) is 9.62. The molecule has 2 aliphatic rings. The van der Waals surface area contributed by atoms with Crippen LogP contribution >= 0.6 is 0 Å². The molecule has 0 amide bonds. The molecule has 4 nitrogen and oxygen atoms in total. The summed E-state index contributed by atoms with van der Waals surface area (Å²) in [6, 6.07) is 6.14. The maximum Gasteiger partial charge on any atom is 0.165 e. The molecule has 2 aliphatic heterocycles. The molecule has 1 fully saturated rings. The average molecular weight is 291 g/mol. The first kappa shape index (κ1) is 14.7. The zero-order chi connectivity index (χ0) is 14.7. The van der Waals surface area contributed by atoms with E-state index < -0.39 is 0 Å². The van der Waals surface area contributed by atoms with Gasteiger partial charge in [0.1, 0.15) is 13.2 Å². The van der Waals surface area contributed by atoms with Gasteiger partial charge in [-0.25, -0.2) is 0 Å². The van der Waals surface area contributed by atoms with Gasteiger partial charge in [-0.1, -0.05) is 19.1 Å². The van der Waals surface area contributed by atoms with Gasteiger partial charge in [0, 0.05) is 18.7 Å². The quantitative estimate of drug-likeness (QED) is 0.925. The fourth-order valence-corrected chi connectivity index (χ4v) is 3.31. The van der Waals surface area contributed by atoms with Crippen LogP contribution in [-0.2, 0) is 6.54 Å². The molecular weight excluding hydrogens is 266 g/mol. The molecule has 116 valence electrons. The Bertz CT molecular complexity index is 475. The predicted octanol–water partition coefficient (Wildman–Crippen LogP) is 2.44. The molecule has 0 aromatic heterocycles. The Kier molecular flexibility index (Phi) is 4.36. The van der Waals surface area contributed by atoms with Crippen LogP contribution in [0.1, 0.15) is 31.7 Å². The highest BCUT2D eigenvalue weighted by atomic mass is 16.6. The molecule has 21 heavy (non-hydrogen) atoms. The van der Waals surface area contributed by atoms with Gasteiger partial charge in [-0.3, -0.25) is 4.90 Å². The first-order valence-electron chi connectivity index (χ1n) is 7.97. The molecule has 0 atom stereocenters. The molecule has 0 saturated carbocycles. The maximum absolute atomic E-state index is 9.62. The Hall–Kier alpha value is -1.26.